The molecule has 0 saturated heterocycles. The molecule has 1 unspecified atom stereocenters. The maximum atomic E-state index is 10.6. The van der Waals surface area contributed by atoms with E-state index >= 15 is 0 Å². The summed E-state index contributed by atoms with van der Waals surface area (Å²) in [6.07, 6.45) is 2.82. The van der Waals surface area contributed by atoms with Crippen LogP contribution in [0.25, 0.3) is 0 Å². The van der Waals surface area contributed by atoms with Crippen molar-refractivity contribution in [3.63, 3.8) is 0 Å². The molecule has 0 heterocycles. The van der Waals surface area contributed by atoms with Gasteiger partial charge in [0.05, 0.1) is 6.10 Å². The van der Waals surface area contributed by atoms with Crippen LogP contribution in [0.5, 0.6) is 0 Å². The predicted octanol–water partition coefficient (Wildman–Crippen LogP) is 2.15. The van der Waals surface area contributed by atoms with Crippen molar-refractivity contribution in [2.75, 3.05) is 0 Å². The number of rotatable bonds is 6. The molecular formula is C10H20O2. The van der Waals surface area contributed by atoms with E-state index in [1.54, 1.807) is 0 Å². The average molecular weight is 172 g/mol. The SMILES string of the molecule is CCC(C)CC[C@@H](O)CC(C)=O. The first-order valence-corrected chi connectivity index (χ1v) is 4.73. The Bertz CT molecular complexity index is 132. The van der Waals surface area contributed by atoms with Crippen LogP contribution < -0.4 is 0 Å². The van der Waals surface area contributed by atoms with Gasteiger partial charge in [0.15, 0.2) is 0 Å². The average Bonchev–Trinajstić information content (AvgIpc) is 1.99. The van der Waals surface area contributed by atoms with Crippen LogP contribution in [0, 0.1) is 5.92 Å². The van der Waals surface area contributed by atoms with Crippen molar-refractivity contribution in [3.8, 4) is 0 Å². The topological polar surface area (TPSA) is 37.3 Å². The van der Waals surface area contributed by atoms with Gasteiger partial charge in [-0.05, 0) is 25.7 Å². The summed E-state index contributed by atoms with van der Waals surface area (Å²) >= 11 is 0. The number of aliphatic hydroxyl groups is 1. The molecule has 0 aliphatic heterocycles. The summed E-state index contributed by atoms with van der Waals surface area (Å²) in [5.41, 5.74) is 0. The molecular weight excluding hydrogens is 152 g/mol. The summed E-state index contributed by atoms with van der Waals surface area (Å²) in [5.74, 6) is 0.734. The molecule has 0 aromatic rings. The lowest BCUT2D eigenvalue weighted by Gasteiger charge is -2.11. The minimum absolute atomic E-state index is 0.0756. The summed E-state index contributed by atoms with van der Waals surface area (Å²) in [6.45, 7) is 5.83. The van der Waals surface area contributed by atoms with Gasteiger partial charge < -0.3 is 5.11 Å². The van der Waals surface area contributed by atoms with Crippen molar-refractivity contribution < 1.29 is 9.90 Å². The Morgan fingerprint density at radius 3 is 2.42 bits per heavy atom. The number of aliphatic hydroxyl groups excluding tert-OH is 1. The molecule has 0 spiro atoms. The number of hydrogen-bond acceptors (Lipinski definition) is 2. The number of ketones is 1. The molecule has 0 aliphatic rings. The third-order valence-corrected chi connectivity index (χ3v) is 2.21. The van der Waals surface area contributed by atoms with E-state index in [-0.39, 0.29) is 5.78 Å². The van der Waals surface area contributed by atoms with Crippen molar-refractivity contribution in [1.82, 2.24) is 0 Å². The highest BCUT2D eigenvalue weighted by Crippen LogP contribution is 2.12. The van der Waals surface area contributed by atoms with Crippen LogP contribution in [0.15, 0.2) is 0 Å². The van der Waals surface area contributed by atoms with Gasteiger partial charge in [-0.25, -0.2) is 0 Å². The summed E-state index contributed by atoms with van der Waals surface area (Å²) in [6, 6.07) is 0. The molecule has 0 saturated carbocycles. The lowest BCUT2D eigenvalue weighted by Crippen LogP contribution is -2.12. The second-order valence-electron chi connectivity index (χ2n) is 3.65. The van der Waals surface area contributed by atoms with Gasteiger partial charge in [0.25, 0.3) is 0 Å². The van der Waals surface area contributed by atoms with Gasteiger partial charge in [0.2, 0.25) is 0 Å². The Hall–Kier alpha value is -0.370. The molecule has 2 nitrogen and oxygen atoms in total. The molecule has 1 N–H and O–H groups in total. The highest BCUT2D eigenvalue weighted by atomic mass is 16.3. The Balaban J connectivity index is 3.43. The van der Waals surface area contributed by atoms with Crippen molar-refractivity contribution >= 4 is 5.78 Å². The van der Waals surface area contributed by atoms with Gasteiger partial charge in [-0.2, -0.15) is 0 Å². The lowest BCUT2D eigenvalue weighted by molar-refractivity contribution is -0.118. The van der Waals surface area contributed by atoms with E-state index in [9.17, 15) is 9.90 Å². The zero-order valence-electron chi connectivity index (χ0n) is 8.34. The first-order valence-electron chi connectivity index (χ1n) is 4.73. The Labute approximate surface area is 75.0 Å². The minimum Gasteiger partial charge on any atom is -0.393 e. The van der Waals surface area contributed by atoms with Crippen molar-refractivity contribution in [2.45, 2.75) is 52.6 Å². The molecule has 72 valence electrons. The number of carbonyl (C=O) groups is 1. The van der Waals surface area contributed by atoms with Crippen molar-refractivity contribution in [3.05, 3.63) is 0 Å². The van der Waals surface area contributed by atoms with Crippen LogP contribution in [-0.4, -0.2) is 17.0 Å². The second kappa shape index (κ2) is 6.18. The third kappa shape index (κ3) is 6.35. The van der Waals surface area contributed by atoms with Crippen LogP contribution >= 0.6 is 0 Å². The fourth-order valence-electron chi connectivity index (χ4n) is 1.11. The van der Waals surface area contributed by atoms with E-state index in [4.69, 9.17) is 0 Å². The molecule has 0 amide bonds. The fraction of sp³-hybridized carbons (Fsp3) is 0.900. The molecule has 0 fully saturated rings. The van der Waals surface area contributed by atoms with Gasteiger partial charge in [0.1, 0.15) is 5.78 Å². The number of Topliss-reactive ketones (excluding diaryl/α,β-unsaturated/α-hetero) is 1. The largest absolute Gasteiger partial charge is 0.393 e. The van der Waals surface area contributed by atoms with Crippen LogP contribution in [0.4, 0.5) is 0 Å². The molecule has 0 radical (unpaired) electrons. The molecule has 2 heteroatoms. The molecule has 0 aliphatic carbocycles. The lowest BCUT2D eigenvalue weighted by atomic mass is 9.99. The first-order chi connectivity index (χ1) is 5.56. The maximum absolute atomic E-state index is 10.6. The summed E-state index contributed by atoms with van der Waals surface area (Å²) < 4.78 is 0. The summed E-state index contributed by atoms with van der Waals surface area (Å²) in [7, 11) is 0. The van der Waals surface area contributed by atoms with E-state index < -0.39 is 6.10 Å². The Morgan fingerprint density at radius 1 is 1.42 bits per heavy atom. The first kappa shape index (κ1) is 11.6. The van der Waals surface area contributed by atoms with Gasteiger partial charge in [-0.3, -0.25) is 4.79 Å². The van der Waals surface area contributed by atoms with Crippen LogP contribution in [0.3, 0.4) is 0 Å². The second-order valence-corrected chi connectivity index (χ2v) is 3.65. The fourth-order valence-corrected chi connectivity index (χ4v) is 1.11. The van der Waals surface area contributed by atoms with Gasteiger partial charge in [0, 0.05) is 6.42 Å². The summed E-state index contributed by atoms with van der Waals surface area (Å²) in [4.78, 5) is 10.6. The van der Waals surface area contributed by atoms with Crippen molar-refractivity contribution in [2.24, 2.45) is 5.92 Å². The molecule has 2 atom stereocenters. The monoisotopic (exact) mass is 172 g/mol. The van der Waals surface area contributed by atoms with E-state index in [1.807, 2.05) is 0 Å². The van der Waals surface area contributed by atoms with Crippen LogP contribution in [-0.2, 0) is 4.79 Å². The standard InChI is InChI=1S/C10H20O2/c1-4-8(2)5-6-10(12)7-9(3)11/h8,10,12H,4-7H2,1-3H3/t8?,10-/m1/s1. The van der Waals surface area contributed by atoms with Gasteiger partial charge in [-0.1, -0.05) is 20.3 Å². The molecule has 0 bridgehead atoms. The van der Waals surface area contributed by atoms with Crippen LogP contribution in [0.2, 0.25) is 0 Å². The maximum Gasteiger partial charge on any atom is 0.132 e. The smallest absolute Gasteiger partial charge is 0.132 e. The third-order valence-electron chi connectivity index (χ3n) is 2.21. The zero-order chi connectivity index (χ0) is 9.56. The Kier molecular flexibility index (Phi) is 5.99. The number of hydrogen-bond donors (Lipinski definition) is 1. The summed E-state index contributed by atoms with van der Waals surface area (Å²) in [5, 5.41) is 9.34. The predicted molar refractivity (Wildman–Crippen MR) is 50.0 cm³/mol. The van der Waals surface area contributed by atoms with Gasteiger partial charge >= 0.3 is 0 Å². The zero-order valence-corrected chi connectivity index (χ0v) is 8.34. The normalized spacial score (nSPS) is 15.7. The van der Waals surface area contributed by atoms with Gasteiger partial charge in [-0.15, -0.1) is 0 Å². The molecule has 0 aromatic heterocycles. The molecule has 0 rings (SSSR count). The van der Waals surface area contributed by atoms with Crippen molar-refractivity contribution in [1.29, 1.82) is 0 Å². The quantitative estimate of drug-likeness (QED) is 0.666. The van der Waals surface area contributed by atoms with E-state index in [0.717, 1.165) is 19.3 Å². The van der Waals surface area contributed by atoms with E-state index in [0.29, 0.717) is 12.3 Å². The van der Waals surface area contributed by atoms with E-state index in [2.05, 4.69) is 13.8 Å². The Morgan fingerprint density at radius 2 is 2.00 bits per heavy atom. The molecule has 0 aromatic carbocycles. The van der Waals surface area contributed by atoms with Crippen LogP contribution in [0.1, 0.15) is 46.5 Å². The minimum atomic E-state index is -0.420. The highest BCUT2D eigenvalue weighted by Gasteiger charge is 2.08. The molecule has 12 heavy (non-hydrogen) atoms. The number of carbonyl (C=O) groups excluding carboxylic acids is 1. The highest BCUT2D eigenvalue weighted by molar-refractivity contribution is 5.75. The van der Waals surface area contributed by atoms with E-state index in [1.165, 1.54) is 6.92 Å².